The van der Waals surface area contributed by atoms with Gasteiger partial charge in [0.05, 0.1) is 5.69 Å². The van der Waals surface area contributed by atoms with Gasteiger partial charge in [-0.15, -0.1) is 32.8 Å². The predicted octanol–water partition coefficient (Wildman–Crippen LogP) is -31.0. The third-order valence-electron chi connectivity index (χ3n) is 20.4. The Hall–Kier alpha value is -5.49. The molecule has 0 bridgehead atoms. The van der Waals surface area contributed by atoms with Gasteiger partial charge in [-0.3, -0.25) is 9.13 Å². The number of fused-ring (bicyclic) bond motifs is 9. The van der Waals surface area contributed by atoms with Crippen LogP contribution in [0.25, 0.3) is 94.4 Å². The van der Waals surface area contributed by atoms with E-state index in [1.54, 1.807) is 0 Å². The minimum atomic E-state index is 0.618. The topological polar surface area (TPSA) is 53.5 Å². The molecular formula is C45H52B24N6. The van der Waals surface area contributed by atoms with Crippen LogP contribution in [0.3, 0.4) is 0 Å². The van der Waals surface area contributed by atoms with Crippen LogP contribution in [-0.2, 0) is 0 Å². The first-order chi connectivity index (χ1) is 35.3. The van der Waals surface area contributed by atoms with Crippen molar-refractivity contribution in [2.24, 2.45) is 0 Å². The number of nitrogens with zero attached hydrogens (tertiary/aromatic N) is 6. The fourth-order valence-electron chi connectivity index (χ4n) is 13.8. The molecule has 7 aromatic carbocycles. The lowest BCUT2D eigenvalue weighted by atomic mass is 9.63. The van der Waals surface area contributed by atoms with Gasteiger partial charge >= 0.3 is 0 Å². The first-order valence-corrected chi connectivity index (χ1v) is 27.2. The summed E-state index contributed by atoms with van der Waals surface area (Å²) in [6.45, 7) is 0. The van der Waals surface area contributed by atoms with Gasteiger partial charge in [0.2, 0.25) is 11.9 Å². The van der Waals surface area contributed by atoms with Gasteiger partial charge in [-0.25, -0.2) is 0 Å². The van der Waals surface area contributed by atoms with Gasteiger partial charge in [0.25, 0.3) is 0 Å². The fourth-order valence-corrected chi connectivity index (χ4v) is 13.8. The molecule has 11 aromatic rings. The van der Waals surface area contributed by atoms with E-state index in [0.29, 0.717) is 17.7 Å². The van der Waals surface area contributed by atoms with Crippen molar-refractivity contribution in [3.63, 3.8) is 0 Å². The van der Waals surface area contributed by atoms with Crippen molar-refractivity contribution in [1.29, 1.82) is 0 Å². The zero-order valence-corrected chi connectivity index (χ0v) is 49.5. The first kappa shape index (κ1) is 51.6. The van der Waals surface area contributed by atoms with E-state index in [9.17, 15) is 0 Å². The van der Waals surface area contributed by atoms with E-state index in [0.717, 1.165) is 33.3 Å². The Morgan fingerprint density at radius 3 is 0.693 bits per heavy atom. The van der Waals surface area contributed by atoms with Crippen molar-refractivity contribution >= 4 is 385 Å². The largest absolute Gasteiger partial charge is 0.310 e. The maximum atomic E-state index is 5.92. The van der Waals surface area contributed by atoms with E-state index in [-0.39, 0.29) is 0 Å². The highest BCUT2D eigenvalue weighted by atomic mass is 15.3. The molecule has 0 aliphatic heterocycles. The van der Waals surface area contributed by atoms with Crippen molar-refractivity contribution in [2.45, 2.75) is 0 Å². The highest BCUT2D eigenvalue weighted by Crippen LogP contribution is 2.35. The second-order valence-electron chi connectivity index (χ2n) is 23.1. The molecular weight excluding hydrogens is 884 g/mol. The molecule has 11 rings (SSSR count). The van der Waals surface area contributed by atoms with Crippen molar-refractivity contribution in [3.8, 4) is 29.0 Å². The summed E-state index contributed by atoms with van der Waals surface area (Å²) in [6, 6.07) is 8.90. The monoisotopic (exact) mass is 941 g/mol. The molecule has 0 spiro atoms. The molecule has 75 heavy (non-hydrogen) atoms. The Morgan fingerprint density at radius 2 is 0.440 bits per heavy atom. The van der Waals surface area contributed by atoms with E-state index >= 15 is 0 Å². The molecule has 0 aliphatic carbocycles. The van der Waals surface area contributed by atoms with E-state index in [2.05, 4.69) is 226 Å². The molecule has 30 heteroatoms. The molecule has 6 nitrogen and oxygen atoms in total. The van der Waals surface area contributed by atoms with Gasteiger partial charge < -0.3 is 4.57 Å². The highest BCUT2D eigenvalue weighted by Gasteiger charge is 2.31. The van der Waals surface area contributed by atoms with Gasteiger partial charge in [0.15, 0.2) is 5.82 Å². The SMILES string of the molecule is Bc1c(B)c(B)c2c(c1B)c1c(B)c(B)c(B)c(B)c1n2-c1nc(-c2ccccc2-n2c3c(B)c(B)c(B)c(B)c3c3c(B)c(B)c(B)c(B)c32)nc(-n2c3c(B)c(B)c(B)c(B)c3c3c(B)c(B)c(B)c(B)c32)n1. The summed E-state index contributed by atoms with van der Waals surface area (Å²) in [7, 11) is 55.2. The number of benzene rings is 7. The standard InChI is InChI=1S/C45H52B24N6/c46-13-7-8-14(47)20(53)26(59)32(65)38(8)73(37(7)31(64)25(58)19(13)52)6-4-2-1-3-5(6)43-70-44(74-39-9(15(48)21(54)27(60)33(39)66)10-16(49)22(55)28(61)34(67)40(10)74)72-45(71-43)75-41-11(17(50)23(56)29(62)35(41)68)12-18(51)24(57)30(63)36(69)42(12)75/h1-4H,46-69H2. The van der Waals surface area contributed by atoms with Crippen LogP contribution in [0.5, 0.6) is 0 Å². The molecule has 334 valence electrons. The van der Waals surface area contributed by atoms with Crippen LogP contribution in [0.1, 0.15) is 0 Å². The van der Waals surface area contributed by atoms with E-state index in [4.69, 9.17) is 15.0 Å². The Balaban J connectivity index is 1.41. The van der Waals surface area contributed by atoms with Crippen LogP contribution in [0.15, 0.2) is 24.3 Å². The highest BCUT2D eigenvalue weighted by molar-refractivity contribution is 6.75. The molecule has 0 atom stereocenters. The van der Waals surface area contributed by atoms with Gasteiger partial charge in [0, 0.05) is 38.7 Å². The number of para-hydroxylation sites is 1. The average Bonchev–Trinajstić information content (AvgIpc) is 4.10. The van der Waals surface area contributed by atoms with Gasteiger partial charge in [-0.1, -0.05) is 110 Å². The van der Waals surface area contributed by atoms with E-state index < -0.39 is 0 Å². The van der Waals surface area contributed by atoms with Crippen LogP contribution in [-0.4, -0.2) is 217 Å². The zero-order chi connectivity index (χ0) is 54.4. The predicted molar refractivity (Wildman–Crippen MR) is 405 cm³/mol. The second-order valence-corrected chi connectivity index (χ2v) is 23.1. The van der Waals surface area contributed by atoms with Crippen molar-refractivity contribution in [1.82, 2.24) is 28.7 Å². The third-order valence-corrected chi connectivity index (χ3v) is 20.4. The van der Waals surface area contributed by atoms with Gasteiger partial charge in [0.1, 0.15) is 188 Å². The Kier molecular flexibility index (Phi) is 12.1. The van der Waals surface area contributed by atoms with Crippen LogP contribution in [0, 0.1) is 0 Å². The van der Waals surface area contributed by atoms with Crippen molar-refractivity contribution in [2.75, 3.05) is 0 Å². The summed E-state index contributed by atoms with van der Waals surface area (Å²) in [5, 5.41) is 7.79. The minimum Gasteiger partial charge on any atom is -0.310 e. The molecule has 4 heterocycles. The molecule has 0 fully saturated rings. The third kappa shape index (κ3) is 6.65. The lowest BCUT2D eigenvalue weighted by Crippen LogP contribution is -2.49. The van der Waals surface area contributed by atoms with Crippen LogP contribution < -0.4 is 131 Å². The summed E-state index contributed by atoms with van der Waals surface area (Å²) < 4.78 is 7.44. The molecule has 0 saturated heterocycles. The van der Waals surface area contributed by atoms with Crippen molar-refractivity contribution < 1.29 is 0 Å². The molecule has 0 amide bonds. The first-order valence-electron chi connectivity index (χ1n) is 27.2. The number of aromatic nitrogens is 6. The maximum absolute atomic E-state index is 5.92. The minimum absolute atomic E-state index is 0.618. The number of rotatable bonds is 4. The summed E-state index contributed by atoms with van der Waals surface area (Å²) in [5.41, 5.74) is 40.4. The quantitative estimate of drug-likeness (QED) is 0.165. The average molecular weight is 936 g/mol. The molecule has 0 radical (unpaired) electrons. The lowest BCUT2D eigenvalue weighted by Gasteiger charge is -2.20. The van der Waals surface area contributed by atoms with Crippen LogP contribution >= 0.6 is 0 Å². The van der Waals surface area contributed by atoms with E-state index in [1.165, 1.54) is 174 Å². The second kappa shape index (κ2) is 17.5. The number of hydrogen-bond donors (Lipinski definition) is 0. The lowest BCUT2D eigenvalue weighted by molar-refractivity contribution is 0.895. The fraction of sp³-hybridized carbons (Fsp3) is 0. The van der Waals surface area contributed by atoms with Crippen LogP contribution in [0.2, 0.25) is 0 Å². The normalized spacial score (nSPS) is 11.9. The maximum Gasteiger partial charge on any atom is 0.240 e. The van der Waals surface area contributed by atoms with Crippen molar-refractivity contribution in [3.05, 3.63) is 24.3 Å². The number of hydrogen-bond acceptors (Lipinski definition) is 3. The van der Waals surface area contributed by atoms with E-state index in [1.807, 2.05) is 0 Å². The summed E-state index contributed by atoms with van der Waals surface area (Å²) in [4.78, 5) is 17.7. The van der Waals surface area contributed by atoms with Gasteiger partial charge in [-0.2, -0.15) is 15.0 Å². The van der Waals surface area contributed by atoms with Crippen LogP contribution in [0.4, 0.5) is 0 Å². The smallest absolute Gasteiger partial charge is 0.240 e. The molecule has 0 N–H and O–H groups in total. The molecule has 4 aromatic heterocycles. The molecule has 0 aliphatic rings. The summed E-state index contributed by atoms with van der Waals surface area (Å²) in [6.07, 6.45) is 0. The summed E-state index contributed by atoms with van der Waals surface area (Å²) in [5.74, 6) is 1.87. The Labute approximate surface area is 463 Å². The van der Waals surface area contributed by atoms with Gasteiger partial charge in [-0.05, 0) is 44.5 Å². The molecule has 0 saturated carbocycles. The Bertz CT molecular complexity index is 4130. The Morgan fingerprint density at radius 1 is 0.227 bits per heavy atom. The molecule has 0 unspecified atom stereocenters. The zero-order valence-electron chi connectivity index (χ0n) is 49.5. The summed E-state index contributed by atoms with van der Waals surface area (Å²) >= 11 is 0.